The predicted molar refractivity (Wildman–Crippen MR) is 66.6 cm³/mol. The molecule has 0 radical (unpaired) electrons. The molecule has 0 rings (SSSR count). The fourth-order valence-corrected chi connectivity index (χ4v) is 1.52. The van der Waals surface area contributed by atoms with Gasteiger partial charge in [0.2, 0.25) is 0 Å². The van der Waals surface area contributed by atoms with Gasteiger partial charge in [-0.1, -0.05) is 0 Å². The second-order valence-electron chi connectivity index (χ2n) is 3.56. The molecule has 0 amide bonds. The van der Waals surface area contributed by atoms with Crippen LogP contribution in [0.25, 0.3) is 0 Å². The van der Waals surface area contributed by atoms with Crippen molar-refractivity contribution in [2.45, 2.75) is 32.2 Å². The maximum Gasteiger partial charge on any atom is 0.259 e. The molecule has 0 aliphatic heterocycles. The fourth-order valence-electron chi connectivity index (χ4n) is 1.19. The lowest BCUT2D eigenvalue weighted by molar-refractivity contribution is -0.0892. The summed E-state index contributed by atoms with van der Waals surface area (Å²) in [6.07, 6.45) is -4.15. The summed E-state index contributed by atoms with van der Waals surface area (Å²) >= 11 is 4.97. The Hall–Kier alpha value is -0.470. The summed E-state index contributed by atoms with van der Waals surface area (Å²) in [5, 5.41) is 36.8. The average molecular weight is 267 g/mol. The van der Waals surface area contributed by atoms with E-state index < -0.39 is 24.9 Å². The minimum Gasteiger partial charge on any atom is -0.468 e. The zero-order valence-corrected chi connectivity index (χ0v) is 10.9. The molecule has 0 spiro atoms. The largest absolute Gasteiger partial charge is 0.468 e. The van der Waals surface area contributed by atoms with E-state index in [4.69, 9.17) is 27.2 Å². The number of rotatable bonds is 7. The zero-order valence-electron chi connectivity index (χ0n) is 10.1. The minimum absolute atomic E-state index is 0.229. The van der Waals surface area contributed by atoms with E-state index in [0.717, 1.165) is 0 Å². The molecule has 0 bridgehead atoms. The summed E-state index contributed by atoms with van der Waals surface area (Å²) in [6, 6.07) is 0. The maximum absolute atomic E-state index is 9.47. The van der Waals surface area contributed by atoms with Crippen molar-refractivity contribution in [3.8, 4) is 0 Å². The molecular weight excluding hydrogens is 246 g/mol. The Morgan fingerprint density at radius 2 is 1.71 bits per heavy atom. The molecule has 0 aromatic heterocycles. The van der Waals surface area contributed by atoms with Crippen LogP contribution < -0.4 is 0 Å². The van der Waals surface area contributed by atoms with Crippen LogP contribution in [0, 0.1) is 0 Å². The Kier molecular flexibility index (Phi) is 8.36. The average Bonchev–Trinajstić information content (AvgIpc) is 2.35. The standard InChI is InChI=1S/C10H21NO5S/c1-3-11(4-2)10(17)16-6-8(14)9(15)7(13)5-12/h7-9,12-15H,3-6H2,1-2H3/t7-,8+,9+/m0/s1. The van der Waals surface area contributed by atoms with E-state index in [1.54, 1.807) is 4.90 Å². The third kappa shape index (κ3) is 5.60. The Balaban J connectivity index is 4.06. The number of hydrogen-bond donors (Lipinski definition) is 4. The third-order valence-corrected chi connectivity index (χ3v) is 2.75. The molecular formula is C10H21NO5S. The number of aliphatic hydroxyl groups is 4. The summed E-state index contributed by atoms with van der Waals surface area (Å²) in [6.45, 7) is 4.35. The van der Waals surface area contributed by atoms with Crippen LogP contribution in [-0.4, -0.2) is 75.1 Å². The van der Waals surface area contributed by atoms with Crippen LogP contribution in [0.4, 0.5) is 0 Å². The lowest BCUT2D eigenvalue weighted by Gasteiger charge is -2.25. The SMILES string of the molecule is CCN(CC)C(=S)OC[C@@H](O)[C@H](O)[C@@H](O)CO. The van der Waals surface area contributed by atoms with Crippen LogP contribution in [0.5, 0.6) is 0 Å². The molecule has 6 nitrogen and oxygen atoms in total. The molecule has 0 saturated heterocycles. The topological polar surface area (TPSA) is 93.4 Å². The van der Waals surface area contributed by atoms with Gasteiger partial charge < -0.3 is 30.1 Å². The summed E-state index contributed by atoms with van der Waals surface area (Å²) in [4.78, 5) is 1.77. The first-order valence-electron chi connectivity index (χ1n) is 5.54. The van der Waals surface area contributed by atoms with Crippen LogP contribution in [0.15, 0.2) is 0 Å². The van der Waals surface area contributed by atoms with Crippen LogP contribution in [0.3, 0.4) is 0 Å². The molecule has 4 N–H and O–H groups in total. The third-order valence-electron chi connectivity index (χ3n) is 2.37. The highest BCUT2D eigenvalue weighted by Crippen LogP contribution is 2.02. The van der Waals surface area contributed by atoms with Gasteiger partial charge in [0.1, 0.15) is 24.9 Å². The molecule has 0 fully saturated rings. The summed E-state index contributed by atoms with van der Waals surface area (Å²) in [5.41, 5.74) is 0. The van der Waals surface area contributed by atoms with Gasteiger partial charge in [0.05, 0.1) is 6.61 Å². The van der Waals surface area contributed by atoms with Gasteiger partial charge in [-0.25, -0.2) is 0 Å². The van der Waals surface area contributed by atoms with Crippen molar-refractivity contribution >= 4 is 17.4 Å². The van der Waals surface area contributed by atoms with Gasteiger partial charge >= 0.3 is 0 Å². The predicted octanol–water partition coefficient (Wildman–Crippen LogP) is -1.30. The lowest BCUT2D eigenvalue weighted by atomic mass is 10.1. The quantitative estimate of drug-likeness (QED) is 0.426. The van der Waals surface area contributed by atoms with E-state index >= 15 is 0 Å². The van der Waals surface area contributed by atoms with Crippen molar-refractivity contribution in [1.82, 2.24) is 4.90 Å². The van der Waals surface area contributed by atoms with Crippen molar-refractivity contribution in [2.24, 2.45) is 0 Å². The molecule has 7 heteroatoms. The minimum atomic E-state index is -1.46. The Labute approximate surface area is 106 Å². The van der Waals surface area contributed by atoms with E-state index in [9.17, 15) is 10.2 Å². The van der Waals surface area contributed by atoms with Crippen LogP contribution >= 0.6 is 12.2 Å². The highest BCUT2D eigenvalue weighted by atomic mass is 32.1. The van der Waals surface area contributed by atoms with Crippen molar-refractivity contribution in [3.63, 3.8) is 0 Å². The molecule has 0 heterocycles. The van der Waals surface area contributed by atoms with Gasteiger partial charge in [0.15, 0.2) is 0 Å². The fraction of sp³-hybridized carbons (Fsp3) is 0.900. The van der Waals surface area contributed by atoms with Gasteiger partial charge in [-0.3, -0.25) is 0 Å². The van der Waals surface area contributed by atoms with Crippen LogP contribution in [0.1, 0.15) is 13.8 Å². The summed E-state index contributed by atoms with van der Waals surface area (Å²) < 4.78 is 5.12. The van der Waals surface area contributed by atoms with Crippen LogP contribution in [0.2, 0.25) is 0 Å². The Bertz CT molecular complexity index is 225. The molecule has 3 atom stereocenters. The van der Waals surface area contributed by atoms with E-state index in [0.29, 0.717) is 13.1 Å². The highest BCUT2D eigenvalue weighted by molar-refractivity contribution is 7.80. The number of aliphatic hydroxyl groups excluding tert-OH is 4. The second-order valence-corrected chi connectivity index (χ2v) is 3.91. The van der Waals surface area contributed by atoms with E-state index in [1.807, 2.05) is 13.8 Å². The number of hydrogen-bond acceptors (Lipinski definition) is 6. The maximum atomic E-state index is 9.47. The first kappa shape index (κ1) is 16.5. The van der Waals surface area contributed by atoms with Gasteiger partial charge in [-0.15, -0.1) is 0 Å². The van der Waals surface area contributed by atoms with Gasteiger partial charge in [-0.2, -0.15) is 0 Å². The molecule has 102 valence electrons. The molecule has 0 unspecified atom stereocenters. The summed E-state index contributed by atoms with van der Waals surface area (Å²) in [7, 11) is 0. The zero-order chi connectivity index (χ0) is 13.4. The van der Waals surface area contributed by atoms with Crippen molar-refractivity contribution in [2.75, 3.05) is 26.3 Å². The van der Waals surface area contributed by atoms with E-state index in [-0.39, 0.29) is 11.8 Å². The Morgan fingerprint density at radius 1 is 1.18 bits per heavy atom. The normalized spacial score (nSPS) is 16.1. The highest BCUT2D eigenvalue weighted by Gasteiger charge is 2.25. The lowest BCUT2D eigenvalue weighted by Crippen LogP contribution is -2.43. The molecule has 0 saturated carbocycles. The van der Waals surface area contributed by atoms with Crippen LogP contribution in [-0.2, 0) is 4.74 Å². The first-order chi connectivity index (χ1) is 7.97. The second kappa shape index (κ2) is 8.60. The molecule has 0 aromatic carbocycles. The van der Waals surface area contributed by atoms with E-state index in [2.05, 4.69) is 0 Å². The number of ether oxygens (including phenoxy) is 1. The number of nitrogens with zero attached hydrogens (tertiary/aromatic N) is 1. The summed E-state index contributed by atoms with van der Waals surface area (Å²) in [5.74, 6) is 0. The van der Waals surface area contributed by atoms with Crippen molar-refractivity contribution in [3.05, 3.63) is 0 Å². The smallest absolute Gasteiger partial charge is 0.259 e. The number of thiocarbonyl (C=S) groups is 1. The molecule has 17 heavy (non-hydrogen) atoms. The molecule has 0 aliphatic rings. The molecule has 0 aliphatic carbocycles. The first-order valence-corrected chi connectivity index (χ1v) is 5.95. The molecule has 0 aromatic rings. The van der Waals surface area contributed by atoms with Crippen molar-refractivity contribution in [1.29, 1.82) is 0 Å². The Morgan fingerprint density at radius 3 is 2.12 bits per heavy atom. The van der Waals surface area contributed by atoms with Gasteiger partial charge in [-0.05, 0) is 26.1 Å². The van der Waals surface area contributed by atoms with Gasteiger partial charge in [0, 0.05) is 13.1 Å². The van der Waals surface area contributed by atoms with Gasteiger partial charge in [0.25, 0.3) is 5.17 Å². The van der Waals surface area contributed by atoms with E-state index in [1.165, 1.54) is 0 Å². The monoisotopic (exact) mass is 267 g/mol. The van der Waals surface area contributed by atoms with Crippen molar-refractivity contribution < 1.29 is 25.2 Å².